The number of nitrogens with zero attached hydrogens (tertiary/aromatic N) is 2. The van der Waals surface area contributed by atoms with Crippen molar-refractivity contribution in [1.82, 2.24) is 9.80 Å². The standard InChI is InChI=1S/C16H28N2O3/c1-17(12-13-7-6-8-13)15(21)18(2)16(11-14(19)20)9-4-3-5-10-16/h13H,3-12H2,1-2H3,(H,19,20). The number of carboxylic acid groups (broad SMARTS) is 1. The van der Waals surface area contributed by atoms with Gasteiger partial charge in [0.15, 0.2) is 0 Å². The van der Waals surface area contributed by atoms with Crippen molar-refractivity contribution in [3.63, 3.8) is 0 Å². The largest absolute Gasteiger partial charge is 0.481 e. The number of carbonyl (C=O) groups excluding carboxylic acids is 1. The maximum atomic E-state index is 12.7. The van der Waals surface area contributed by atoms with Crippen LogP contribution in [0.25, 0.3) is 0 Å². The molecule has 0 aromatic heterocycles. The molecule has 0 aliphatic heterocycles. The molecule has 0 atom stereocenters. The lowest BCUT2D eigenvalue weighted by Gasteiger charge is -2.45. The summed E-state index contributed by atoms with van der Waals surface area (Å²) in [7, 11) is 3.63. The van der Waals surface area contributed by atoms with Crippen molar-refractivity contribution >= 4 is 12.0 Å². The molecule has 0 unspecified atom stereocenters. The minimum atomic E-state index is -0.807. The Morgan fingerprint density at radius 1 is 1.10 bits per heavy atom. The van der Waals surface area contributed by atoms with E-state index in [1.54, 1.807) is 16.8 Å². The smallest absolute Gasteiger partial charge is 0.319 e. The summed E-state index contributed by atoms with van der Waals surface area (Å²) in [4.78, 5) is 27.4. The summed E-state index contributed by atoms with van der Waals surface area (Å²) in [6.07, 6.45) is 8.52. The van der Waals surface area contributed by atoms with E-state index in [4.69, 9.17) is 0 Å². The molecule has 2 amide bonds. The molecule has 0 heterocycles. The molecule has 0 aromatic carbocycles. The molecule has 2 saturated carbocycles. The van der Waals surface area contributed by atoms with E-state index in [-0.39, 0.29) is 12.5 Å². The van der Waals surface area contributed by atoms with Crippen LogP contribution in [-0.2, 0) is 4.79 Å². The van der Waals surface area contributed by atoms with Crippen molar-refractivity contribution in [3.05, 3.63) is 0 Å². The van der Waals surface area contributed by atoms with Crippen molar-refractivity contribution in [2.45, 2.75) is 63.3 Å². The third-order valence-corrected chi connectivity index (χ3v) is 5.35. The summed E-state index contributed by atoms with van der Waals surface area (Å²) in [6.45, 7) is 0.798. The van der Waals surface area contributed by atoms with Gasteiger partial charge in [-0.15, -0.1) is 0 Å². The topological polar surface area (TPSA) is 60.9 Å². The molecule has 5 heteroatoms. The van der Waals surface area contributed by atoms with E-state index >= 15 is 0 Å². The van der Waals surface area contributed by atoms with Crippen LogP contribution in [0.5, 0.6) is 0 Å². The number of urea groups is 1. The molecule has 120 valence electrons. The molecule has 2 fully saturated rings. The van der Waals surface area contributed by atoms with Gasteiger partial charge in [-0.2, -0.15) is 0 Å². The second-order valence-corrected chi connectivity index (χ2v) is 6.87. The van der Waals surface area contributed by atoms with E-state index in [0.29, 0.717) is 5.92 Å². The molecule has 21 heavy (non-hydrogen) atoms. The van der Waals surface area contributed by atoms with Gasteiger partial charge in [-0.1, -0.05) is 25.7 Å². The predicted octanol–water partition coefficient (Wildman–Crippen LogP) is 2.95. The zero-order valence-electron chi connectivity index (χ0n) is 13.3. The van der Waals surface area contributed by atoms with E-state index in [0.717, 1.165) is 38.6 Å². The molecule has 0 spiro atoms. The van der Waals surface area contributed by atoms with Gasteiger partial charge in [-0.3, -0.25) is 4.79 Å². The van der Waals surface area contributed by atoms with Crippen LogP contribution in [0.1, 0.15) is 57.8 Å². The van der Waals surface area contributed by atoms with Gasteiger partial charge in [0.25, 0.3) is 0 Å². The zero-order valence-corrected chi connectivity index (χ0v) is 13.3. The summed E-state index contributed by atoms with van der Waals surface area (Å²) in [6, 6.07) is -0.0231. The van der Waals surface area contributed by atoms with Crippen molar-refractivity contribution in [1.29, 1.82) is 0 Å². The van der Waals surface area contributed by atoms with E-state index < -0.39 is 11.5 Å². The van der Waals surface area contributed by atoms with Crippen LogP contribution >= 0.6 is 0 Å². The predicted molar refractivity (Wildman–Crippen MR) is 81.2 cm³/mol. The number of aliphatic carboxylic acids is 1. The SMILES string of the molecule is CN(CC1CCC1)C(=O)N(C)C1(CC(=O)O)CCCCC1. The minimum absolute atomic E-state index is 0.0231. The van der Waals surface area contributed by atoms with Gasteiger partial charge in [0.05, 0.1) is 12.0 Å². The number of amides is 2. The molecule has 2 rings (SSSR count). The molecule has 1 N–H and O–H groups in total. The first kappa shape index (κ1) is 16.1. The lowest BCUT2D eigenvalue weighted by molar-refractivity contribution is -0.140. The maximum Gasteiger partial charge on any atom is 0.319 e. The molecule has 5 nitrogen and oxygen atoms in total. The maximum absolute atomic E-state index is 12.7. The molecule has 0 radical (unpaired) electrons. The van der Waals surface area contributed by atoms with Crippen LogP contribution in [0, 0.1) is 5.92 Å². The van der Waals surface area contributed by atoms with Crippen molar-refractivity contribution in [2.24, 2.45) is 5.92 Å². The average Bonchev–Trinajstić information content (AvgIpc) is 2.41. The summed E-state index contributed by atoms with van der Waals surface area (Å²) >= 11 is 0. The fraction of sp³-hybridized carbons (Fsp3) is 0.875. The van der Waals surface area contributed by atoms with E-state index in [1.807, 2.05) is 7.05 Å². The monoisotopic (exact) mass is 296 g/mol. The Morgan fingerprint density at radius 3 is 2.19 bits per heavy atom. The van der Waals surface area contributed by atoms with Gasteiger partial charge in [0, 0.05) is 20.6 Å². The van der Waals surface area contributed by atoms with Crippen LogP contribution < -0.4 is 0 Å². The number of hydrogen-bond acceptors (Lipinski definition) is 2. The van der Waals surface area contributed by atoms with Crippen molar-refractivity contribution in [2.75, 3.05) is 20.6 Å². The fourth-order valence-corrected chi connectivity index (χ4v) is 3.72. The minimum Gasteiger partial charge on any atom is -0.481 e. The first-order valence-electron chi connectivity index (χ1n) is 8.15. The van der Waals surface area contributed by atoms with Crippen LogP contribution in [0.2, 0.25) is 0 Å². The molecular weight excluding hydrogens is 268 g/mol. The van der Waals surface area contributed by atoms with Gasteiger partial charge in [0.2, 0.25) is 0 Å². The highest BCUT2D eigenvalue weighted by molar-refractivity contribution is 5.76. The molecule has 2 aliphatic rings. The van der Waals surface area contributed by atoms with Crippen LogP contribution in [-0.4, -0.2) is 53.1 Å². The number of hydrogen-bond donors (Lipinski definition) is 1. The Labute approximate surface area is 127 Å². The highest BCUT2D eigenvalue weighted by Gasteiger charge is 2.41. The first-order valence-corrected chi connectivity index (χ1v) is 8.15. The third-order valence-electron chi connectivity index (χ3n) is 5.35. The summed E-state index contributed by atoms with van der Waals surface area (Å²) in [5, 5.41) is 9.24. The first-order chi connectivity index (χ1) is 9.94. The Morgan fingerprint density at radius 2 is 1.71 bits per heavy atom. The van der Waals surface area contributed by atoms with Gasteiger partial charge < -0.3 is 14.9 Å². The molecule has 0 aromatic rings. The Balaban J connectivity index is 2.03. The summed E-state index contributed by atoms with van der Waals surface area (Å²) in [5.41, 5.74) is -0.491. The van der Waals surface area contributed by atoms with Crippen LogP contribution in [0.3, 0.4) is 0 Å². The second-order valence-electron chi connectivity index (χ2n) is 6.87. The molecule has 2 aliphatic carbocycles. The Hall–Kier alpha value is -1.26. The average molecular weight is 296 g/mol. The van der Waals surface area contributed by atoms with Crippen LogP contribution in [0.4, 0.5) is 4.79 Å². The fourth-order valence-electron chi connectivity index (χ4n) is 3.72. The third kappa shape index (κ3) is 3.69. The van der Waals surface area contributed by atoms with Crippen LogP contribution in [0.15, 0.2) is 0 Å². The van der Waals surface area contributed by atoms with Crippen molar-refractivity contribution < 1.29 is 14.7 Å². The number of carbonyl (C=O) groups is 2. The highest BCUT2D eigenvalue weighted by atomic mass is 16.4. The summed E-state index contributed by atoms with van der Waals surface area (Å²) in [5.74, 6) is -0.174. The van der Waals surface area contributed by atoms with Gasteiger partial charge in [-0.05, 0) is 31.6 Å². The van der Waals surface area contributed by atoms with Gasteiger partial charge in [-0.25, -0.2) is 4.79 Å². The van der Waals surface area contributed by atoms with Gasteiger partial charge >= 0.3 is 12.0 Å². The summed E-state index contributed by atoms with van der Waals surface area (Å²) < 4.78 is 0. The normalized spacial score (nSPS) is 21.4. The number of rotatable bonds is 5. The molecule has 0 saturated heterocycles. The quantitative estimate of drug-likeness (QED) is 0.848. The van der Waals surface area contributed by atoms with E-state index in [2.05, 4.69) is 0 Å². The Kier molecular flexibility index (Phi) is 5.12. The zero-order chi connectivity index (χ0) is 15.5. The van der Waals surface area contributed by atoms with E-state index in [1.165, 1.54) is 19.3 Å². The van der Waals surface area contributed by atoms with Crippen molar-refractivity contribution in [3.8, 4) is 0 Å². The lowest BCUT2D eigenvalue weighted by atomic mass is 9.78. The van der Waals surface area contributed by atoms with E-state index in [9.17, 15) is 14.7 Å². The number of carboxylic acids is 1. The highest BCUT2D eigenvalue weighted by Crippen LogP contribution is 2.36. The second kappa shape index (κ2) is 6.67. The molecule has 0 bridgehead atoms. The lowest BCUT2D eigenvalue weighted by Crippen LogP contribution is -2.56. The molecular formula is C16H28N2O3. The van der Waals surface area contributed by atoms with Gasteiger partial charge in [0.1, 0.15) is 0 Å². The Bertz CT molecular complexity index is 387.